The van der Waals surface area contributed by atoms with E-state index < -0.39 is 12.6 Å². The molecule has 55 valence electrons. The van der Waals surface area contributed by atoms with Crippen LogP contribution in [0.3, 0.4) is 0 Å². The standard InChI is InChI=1S/C5H9F3.Mn/c1-2-3-4-5(6,7)8;/h2-4H2,1H3;/q;+2. The van der Waals surface area contributed by atoms with Gasteiger partial charge in [0, 0.05) is 6.42 Å². The van der Waals surface area contributed by atoms with Gasteiger partial charge in [-0.25, -0.2) is 0 Å². The summed E-state index contributed by atoms with van der Waals surface area (Å²) in [6, 6.07) is 0. The molecule has 0 nitrogen and oxygen atoms in total. The van der Waals surface area contributed by atoms with Crippen molar-refractivity contribution in [1.82, 2.24) is 0 Å². The third-order valence-corrected chi connectivity index (χ3v) is 0.814. The molecule has 4 heteroatoms. The Morgan fingerprint density at radius 3 is 1.78 bits per heavy atom. The molecule has 0 aromatic heterocycles. The summed E-state index contributed by atoms with van der Waals surface area (Å²) in [7, 11) is 0. The van der Waals surface area contributed by atoms with Crippen LogP contribution in [0.25, 0.3) is 0 Å². The van der Waals surface area contributed by atoms with Crippen molar-refractivity contribution >= 4 is 0 Å². The Labute approximate surface area is 63.3 Å². The summed E-state index contributed by atoms with van der Waals surface area (Å²) in [5.74, 6) is 0. The predicted molar refractivity (Wildman–Crippen MR) is 25.6 cm³/mol. The average molecular weight is 181 g/mol. The summed E-state index contributed by atoms with van der Waals surface area (Å²) in [5.41, 5.74) is 0. The SMILES string of the molecule is CCCCC(F)(F)F.[Mn+2]. The average Bonchev–Trinajstić information content (AvgIpc) is 1.59. The van der Waals surface area contributed by atoms with Crippen LogP contribution in [0.4, 0.5) is 13.2 Å². The molecule has 0 amide bonds. The molecule has 0 spiro atoms. The minimum atomic E-state index is -3.95. The third kappa shape index (κ3) is 11.7. The zero-order valence-corrected chi connectivity index (χ0v) is 6.31. The fourth-order valence-corrected chi connectivity index (χ4v) is 0.377. The second-order valence-electron chi connectivity index (χ2n) is 1.72. The molecule has 0 rings (SSSR count). The Kier molecular flexibility index (Phi) is 6.85. The maximum atomic E-state index is 11.2. The number of hydrogen-bond acceptors (Lipinski definition) is 0. The van der Waals surface area contributed by atoms with Gasteiger partial charge in [0.2, 0.25) is 0 Å². The molecule has 0 unspecified atom stereocenters. The molecular weight excluding hydrogens is 172 g/mol. The van der Waals surface area contributed by atoms with Gasteiger partial charge in [-0.1, -0.05) is 13.3 Å². The summed E-state index contributed by atoms with van der Waals surface area (Å²) in [6.07, 6.45) is -3.72. The number of halogens is 3. The molecule has 0 aromatic carbocycles. The quantitative estimate of drug-likeness (QED) is 0.574. The Morgan fingerprint density at radius 2 is 1.67 bits per heavy atom. The minimum absolute atomic E-state index is 0. The van der Waals surface area contributed by atoms with Gasteiger partial charge in [-0.15, -0.1) is 0 Å². The second kappa shape index (κ2) is 5.12. The first-order valence-electron chi connectivity index (χ1n) is 2.63. The number of hydrogen-bond donors (Lipinski definition) is 0. The maximum absolute atomic E-state index is 11.2. The molecule has 1 radical (unpaired) electrons. The van der Waals surface area contributed by atoms with Crippen LogP contribution >= 0.6 is 0 Å². The van der Waals surface area contributed by atoms with Crippen molar-refractivity contribution in [2.45, 2.75) is 32.4 Å². The van der Waals surface area contributed by atoms with E-state index in [0.29, 0.717) is 6.42 Å². The van der Waals surface area contributed by atoms with E-state index in [2.05, 4.69) is 0 Å². The largest absolute Gasteiger partial charge is 2.00 e. The fourth-order valence-electron chi connectivity index (χ4n) is 0.377. The maximum Gasteiger partial charge on any atom is 2.00 e. The second-order valence-corrected chi connectivity index (χ2v) is 1.72. The van der Waals surface area contributed by atoms with Gasteiger partial charge in [0.15, 0.2) is 0 Å². The molecule has 0 atom stereocenters. The smallest absolute Gasteiger partial charge is 0.171 e. The van der Waals surface area contributed by atoms with E-state index in [1.54, 1.807) is 6.92 Å². The van der Waals surface area contributed by atoms with Crippen molar-refractivity contribution in [1.29, 1.82) is 0 Å². The molecule has 0 heterocycles. The molecule has 0 aliphatic carbocycles. The number of rotatable bonds is 2. The third-order valence-electron chi connectivity index (χ3n) is 0.814. The van der Waals surface area contributed by atoms with Gasteiger partial charge in [-0.3, -0.25) is 0 Å². The van der Waals surface area contributed by atoms with Crippen LogP contribution in [-0.4, -0.2) is 6.18 Å². The first kappa shape index (κ1) is 12.0. The van der Waals surface area contributed by atoms with Crippen LogP contribution in [0.2, 0.25) is 0 Å². The van der Waals surface area contributed by atoms with Crippen LogP contribution in [0.5, 0.6) is 0 Å². The molecule has 0 bridgehead atoms. The summed E-state index contributed by atoms with van der Waals surface area (Å²) >= 11 is 0. The molecule has 0 fully saturated rings. The first-order chi connectivity index (χ1) is 3.56. The Hall–Kier alpha value is 0.309. The molecule has 9 heavy (non-hydrogen) atoms. The van der Waals surface area contributed by atoms with Gasteiger partial charge in [0.05, 0.1) is 0 Å². The molecule has 0 aliphatic rings. The van der Waals surface area contributed by atoms with Gasteiger partial charge in [-0.05, 0) is 6.42 Å². The van der Waals surface area contributed by atoms with Gasteiger partial charge in [-0.2, -0.15) is 13.2 Å². The van der Waals surface area contributed by atoms with E-state index in [9.17, 15) is 13.2 Å². The topological polar surface area (TPSA) is 0 Å². The predicted octanol–water partition coefficient (Wildman–Crippen LogP) is 2.74. The molecular formula is C5H9F3Mn+2. The molecule has 0 N–H and O–H groups in total. The van der Waals surface area contributed by atoms with Crippen LogP contribution in [0, 0.1) is 0 Å². The zero-order valence-electron chi connectivity index (χ0n) is 5.13. The molecule has 0 aromatic rings. The Balaban J connectivity index is 0. The van der Waals surface area contributed by atoms with Crippen molar-refractivity contribution in [2.75, 3.05) is 0 Å². The van der Waals surface area contributed by atoms with Gasteiger partial charge >= 0.3 is 23.2 Å². The summed E-state index contributed by atoms with van der Waals surface area (Å²) in [6.45, 7) is 1.74. The molecule has 0 saturated carbocycles. The first-order valence-corrected chi connectivity index (χ1v) is 2.63. The monoisotopic (exact) mass is 181 g/mol. The van der Waals surface area contributed by atoms with E-state index >= 15 is 0 Å². The van der Waals surface area contributed by atoms with E-state index in [-0.39, 0.29) is 23.5 Å². The van der Waals surface area contributed by atoms with E-state index in [0.717, 1.165) is 0 Å². The minimum Gasteiger partial charge on any atom is -0.171 e. The van der Waals surface area contributed by atoms with E-state index in [4.69, 9.17) is 0 Å². The van der Waals surface area contributed by atoms with Crippen molar-refractivity contribution < 1.29 is 30.2 Å². The summed E-state index contributed by atoms with van der Waals surface area (Å²) in [5, 5.41) is 0. The normalized spacial score (nSPS) is 10.7. The number of unbranched alkanes of at least 4 members (excludes halogenated alkanes) is 1. The van der Waals surface area contributed by atoms with Gasteiger partial charge in [0.25, 0.3) is 0 Å². The zero-order chi connectivity index (χ0) is 6.62. The van der Waals surface area contributed by atoms with Gasteiger partial charge < -0.3 is 0 Å². The molecule has 0 saturated heterocycles. The van der Waals surface area contributed by atoms with Crippen LogP contribution in [0.1, 0.15) is 26.2 Å². The molecule has 0 aliphatic heterocycles. The Morgan fingerprint density at radius 1 is 1.22 bits per heavy atom. The van der Waals surface area contributed by atoms with Crippen LogP contribution in [-0.2, 0) is 17.1 Å². The van der Waals surface area contributed by atoms with Crippen LogP contribution in [0.15, 0.2) is 0 Å². The van der Waals surface area contributed by atoms with E-state index in [1.165, 1.54) is 0 Å². The van der Waals surface area contributed by atoms with Crippen molar-refractivity contribution in [2.24, 2.45) is 0 Å². The van der Waals surface area contributed by atoms with Crippen LogP contribution < -0.4 is 0 Å². The van der Waals surface area contributed by atoms with Crippen molar-refractivity contribution in [3.63, 3.8) is 0 Å². The Bertz CT molecular complexity index is 59.7. The summed E-state index contributed by atoms with van der Waals surface area (Å²) < 4.78 is 33.7. The summed E-state index contributed by atoms with van der Waals surface area (Å²) in [4.78, 5) is 0. The number of alkyl halides is 3. The van der Waals surface area contributed by atoms with Gasteiger partial charge in [0.1, 0.15) is 0 Å². The fraction of sp³-hybridized carbons (Fsp3) is 1.00. The van der Waals surface area contributed by atoms with Crippen molar-refractivity contribution in [3.05, 3.63) is 0 Å². The van der Waals surface area contributed by atoms with Crippen molar-refractivity contribution in [3.8, 4) is 0 Å². The van der Waals surface area contributed by atoms with E-state index in [1.807, 2.05) is 0 Å².